The number of hydrogen-bond donors (Lipinski definition) is 0. The van der Waals surface area contributed by atoms with Gasteiger partial charge >= 0.3 is 5.69 Å². The second-order valence-corrected chi connectivity index (χ2v) is 5.85. The lowest BCUT2D eigenvalue weighted by Crippen LogP contribution is -2.26. The summed E-state index contributed by atoms with van der Waals surface area (Å²) in [5, 5.41) is 11.2. The van der Waals surface area contributed by atoms with E-state index in [9.17, 15) is 14.9 Å². The van der Waals surface area contributed by atoms with Crippen LogP contribution < -0.4 is 9.47 Å². The lowest BCUT2D eigenvalue weighted by Gasteiger charge is -2.19. The molecule has 0 unspecified atom stereocenters. The van der Waals surface area contributed by atoms with Gasteiger partial charge < -0.3 is 14.4 Å². The van der Waals surface area contributed by atoms with Crippen LogP contribution in [-0.2, 0) is 6.54 Å². The number of rotatable bonds is 7. The Morgan fingerprint density at radius 1 is 1.19 bits per heavy atom. The number of aryl methyl sites for hydroxylation is 1. The van der Waals surface area contributed by atoms with Gasteiger partial charge in [0.2, 0.25) is 0 Å². The van der Waals surface area contributed by atoms with Crippen molar-refractivity contribution < 1.29 is 19.2 Å². The average Bonchev–Trinajstić information content (AvgIpc) is 2.61. The lowest BCUT2D eigenvalue weighted by atomic mass is 10.1. The number of hydrogen-bond acceptors (Lipinski definition) is 5. The number of nitrogens with zero attached hydrogens (tertiary/aromatic N) is 2. The standard InChI is InChI=1S/C19H22N2O5/c1-5-26-18-9-7-14(11-16(18)21(23)24)19(22)20(3)12-15-10-13(2)6-8-17(15)25-4/h6-11H,5,12H2,1-4H3. The Balaban J connectivity index is 2.27. The van der Waals surface area contributed by atoms with Crippen molar-refractivity contribution in [2.45, 2.75) is 20.4 Å². The highest BCUT2D eigenvalue weighted by Gasteiger charge is 2.21. The van der Waals surface area contributed by atoms with Crippen LogP contribution in [0.4, 0.5) is 5.69 Å². The van der Waals surface area contributed by atoms with Crippen LogP contribution in [0.3, 0.4) is 0 Å². The van der Waals surface area contributed by atoms with Gasteiger partial charge in [-0.3, -0.25) is 14.9 Å². The second kappa shape index (κ2) is 8.33. The van der Waals surface area contributed by atoms with Gasteiger partial charge in [-0.2, -0.15) is 0 Å². The topological polar surface area (TPSA) is 81.9 Å². The van der Waals surface area contributed by atoms with Gasteiger partial charge in [-0.1, -0.05) is 17.7 Å². The third kappa shape index (κ3) is 4.30. The van der Waals surface area contributed by atoms with Crippen molar-refractivity contribution in [1.82, 2.24) is 4.90 Å². The number of nitro groups is 1. The summed E-state index contributed by atoms with van der Waals surface area (Å²) in [6.45, 7) is 4.33. The normalized spacial score (nSPS) is 10.3. The van der Waals surface area contributed by atoms with E-state index in [4.69, 9.17) is 9.47 Å². The predicted octanol–water partition coefficient (Wildman–Crippen LogP) is 3.58. The number of carbonyl (C=O) groups excluding carboxylic acids is 1. The number of carbonyl (C=O) groups is 1. The smallest absolute Gasteiger partial charge is 0.311 e. The van der Waals surface area contributed by atoms with Gasteiger partial charge in [0.25, 0.3) is 5.91 Å². The second-order valence-electron chi connectivity index (χ2n) is 5.85. The van der Waals surface area contributed by atoms with Gasteiger partial charge in [0.15, 0.2) is 5.75 Å². The zero-order chi connectivity index (χ0) is 19.3. The van der Waals surface area contributed by atoms with Crippen molar-refractivity contribution in [3.05, 3.63) is 63.2 Å². The average molecular weight is 358 g/mol. The first-order valence-electron chi connectivity index (χ1n) is 8.17. The van der Waals surface area contributed by atoms with E-state index in [1.165, 1.54) is 23.1 Å². The summed E-state index contributed by atoms with van der Waals surface area (Å²) in [6, 6.07) is 9.96. The molecule has 0 aliphatic carbocycles. The summed E-state index contributed by atoms with van der Waals surface area (Å²) in [7, 11) is 3.22. The SMILES string of the molecule is CCOc1ccc(C(=O)N(C)Cc2cc(C)ccc2OC)cc1[N+](=O)[O-]. The van der Waals surface area contributed by atoms with E-state index in [2.05, 4.69) is 0 Å². The Morgan fingerprint density at radius 2 is 1.88 bits per heavy atom. The van der Waals surface area contributed by atoms with Gasteiger partial charge in [0, 0.05) is 30.8 Å². The summed E-state index contributed by atoms with van der Waals surface area (Å²) < 4.78 is 10.6. The Kier molecular flexibility index (Phi) is 6.16. The highest BCUT2D eigenvalue weighted by Crippen LogP contribution is 2.29. The molecule has 0 radical (unpaired) electrons. The van der Waals surface area contributed by atoms with E-state index in [1.807, 2.05) is 25.1 Å². The molecule has 0 aliphatic rings. The van der Waals surface area contributed by atoms with E-state index in [0.717, 1.165) is 11.1 Å². The molecule has 2 aromatic carbocycles. The molecular weight excluding hydrogens is 336 g/mol. The van der Waals surface area contributed by atoms with Crippen molar-refractivity contribution in [3.8, 4) is 11.5 Å². The molecule has 138 valence electrons. The Bertz CT molecular complexity index is 820. The quantitative estimate of drug-likeness (QED) is 0.558. The number of ether oxygens (including phenoxy) is 2. The Hall–Kier alpha value is -3.09. The molecule has 7 heteroatoms. The van der Waals surface area contributed by atoms with E-state index >= 15 is 0 Å². The number of nitro benzene ring substituents is 1. The van der Waals surface area contributed by atoms with Crippen LogP contribution in [0.1, 0.15) is 28.4 Å². The molecule has 0 N–H and O–H groups in total. The summed E-state index contributed by atoms with van der Waals surface area (Å²) >= 11 is 0. The van der Waals surface area contributed by atoms with Gasteiger partial charge in [-0.25, -0.2) is 0 Å². The zero-order valence-corrected chi connectivity index (χ0v) is 15.3. The van der Waals surface area contributed by atoms with Gasteiger partial charge in [-0.15, -0.1) is 0 Å². The minimum Gasteiger partial charge on any atom is -0.496 e. The third-order valence-electron chi connectivity index (χ3n) is 3.89. The molecule has 0 fully saturated rings. The monoisotopic (exact) mass is 358 g/mol. The fraction of sp³-hybridized carbons (Fsp3) is 0.316. The highest BCUT2D eigenvalue weighted by atomic mass is 16.6. The number of amides is 1. The molecule has 0 heterocycles. The van der Waals surface area contributed by atoms with Crippen LogP contribution in [0.25, 0.3) is 0 Å². The minimum atomic E-state index is -0.550. The maximum absolute atomic E-state index is 12.7. The number of methoxy groups -OCH3 is 1. The molecule has 2 rings (SSSR count). The summed E-state index contributed by atoms with van der Waals surface area (Å²) in [5.41, 5.74) is 1.93. The van der Waals surface area contributed by atoms with E-state index in [0.29, 0.717) is 18.9 Å². The minimum absolute atomic E-state index is 0.150. The van der Waals surface area contributed by atoms with Crippen LogP contribution in [-0.4, -0.2) is 36.5 Å². The molecule has 0 aromatic heterocycles. The molecule has 0 saturated heterocycles. The van der Waals surface area contributed by atoms with Crippen molar-refractivity contribution >= 4 is 11.6 Å². The fourth-order valence-corrected chi connectivity index (χ4v) is 2.65. The summed E-state index contributed by atoms with van der Waals surface area (Å²) in [4.78, 5) is 24.9. The molecule has 1 amide bonds. The first kappa shape index (κ1) is 19.2. The van der Waals surface area contributed by atoms with Crippen LogP contribution in [0, 0.1) is 17.0 Å². The summed E-state index contributed by atoms with van der Waals surface area (Å²) in [5.74, 6) is 0.518. The first-order chi connectivity index (χ1) is 12.4. The van der Waals surface area contributed by atoms with Crippen LogP contribution in [0.2, 0.25) is 0 Å². The van der Waals surface area contributed by atoms with E-state index < -0.39 is 4.92 Å². The van der Waals surface area contributed by atoms with Gasteiger partial charge in [0.05, 0.1) is 18.6 Å². The van der Waals surface area contributed by atoms with E-state index in [1.54, 1.807) is 21.1 Å². The number of benzene rings is 2. The Morgan fingerprint density at radius 3 is 2.50 bits per heavy atom. The molecule has 0 aliphatic heterocycles. The van der Waals surface area contributed by atoms with Crippen LogP contribution in [0.15, 0.2) is 36.4 Å². The fourth-order valence-electron chi connectivity index (χ4n) is 2.65. The molecular formula is C19H22N2O5. The molecule has 7 nitrogen and oxygen atoms in total. The largest absolute Gasteiger partial charge is 0.496 e. The maximum atomic E-state index is 12.7. The molecule has 0 saturated carbocycles. The van der Waals surface area contributed by atoms with Crippen LogP contribution >= 0.6 is 0 Å². The molecule has 0 bridgehead atoms. The lowest BCUT2D eigenvalue weighted by molar-refractivity contribution is -0.385. The summed E-state index contributed by atoms with van der Waals surface area (Å²) in [6.07, 6.45) is 0. The molecule has 0 atom stereocenters. The van der Waals surface area contributed by atoms with Crippen molar-refractivity contribution in [3.63, 3.8) is 0 Å². The molecule has 2 aromatic rings. The van der Waals surface area contributed by atoms with Crippen molar-refractivity contribution in [2.24, 2.45) is 0 Å². The van der Waals surface area contributed by atoms with Gasteiger partial charge in [0.1, 0.15) is 5.75 Å². The Labute approximate surface area is 152 Å². The highest BCUT2D eigenvalue weighted by molar-refractivity contribution is 5.95. The van der Waals surface area contributed by atoms with Crippen molar-refractivity contribution in [2.75, 3.05) is 20.8 Å². The predicted molar refractivity (Wildman–Crippen MR) is 97.8 cm³/mol. The molecule has 0 spiro atoms. The van der Waals surface area contributed by atoms with E-state index in [-0.39, 0.29) is 22.9 Å². The van der Waals surface area contributed by atoms with Gasteiger partial charge in [-0.05, 0) is 32.0 Å². The maximum Gasteiger partial charge on any atom is 0.311 e. The molecule has 26 heavy (non-hydrogen) atoms. The zero-order valence-electron chi connectivity index (χ0n) is 15.3. The van der Waals surface area contributed by atoms with Crippen molar-refractivity contribution in [1.29, 1.82) is 0 Å². The first-order valence-corrected chi connectivity index (χ1v) is 8.17. The third-order valence-corrected chi connectivity index (χ3v) is 3.89. The van der Waals surface area contributed by atoms with Crippen LogP contribution in [0.5, 0.6) is 11.5 Å².